The van der Waals surface area contributed by atoms with Gasteiger partial charge in [0, 0.05) is 12.8 Å². The molecule has 354 valence electrons. The van der Waals surface area contributed by atoms with E-state index in [4.69, 9.17) is 18.9 Å². The Morgan fingerprint density at radius 3 is 1.32 bits per heavy atom. The first-order valence-corrected chi connectivity index (χ1v) is 25.3. The van der Waals surface area contributed by atoms with Crippen molar-refractivity contribution in [1.29, 1.82) is 0 Å². The van der Waals surface area contributed by atoms with E-state index >= 15 is 0 Å². The summed E-state index contributed by atoms with van der Waals surface area (Å²) in [5, 5.41) is 40.2. The fourth-order valence-electron chi connectivity index (χ4n) is 7.89. The number of unbranched alkanes of at least 4 members (excludes halogenated alkanes) is 30. The number of carbonyl (C=O) groups excluding carboxylic acids is 2. The minimum Gasteiger partial charge on any atom is -0.462 e. The molecule has 0 aromatic rings. The molecule has 0 aromatic carbocycles. The van der Waals surface area contributed by atoms with Gasteiger partial charge in [0.05, 0.1) is 13.2 Å². The topological polar surface area (TPSA) is 152 Å². The van der Waals surface area contributed by atoms with E-state index in [2.05, 4.69) is 26.0 Å². The van der Waals surface area contributed by atoms with Gasteiger partial charge in [-0.05, 0) is 38.5 Å². The smallest absolute Gasteiger partial charge is 0.306 e. The minimum atomic E-state index is -1.59. The maximum absolute atomic E-state index is 12.8. The summed E-state index contributed by atoms with van der Waals surface area (Å²) in [4.78, 5) is 25.4. The number of aliphatic hydroxyl groups is 4. The van der Waals surface area contributed by atoms with Crippen LogP contribution in [0.1, 0.15) is 239 Å². The van der Waals surface area contributed by atoms with E-state index in [1.807, 2.05) is 0 Å². The Balaban J connectivity index is 2.26. The third-order valence-corrected chi connectivity index (χ3v) is 11.9. The number of ether oxygens (including phenoxy) is 4. The number of hydrogen-bond acceptors (Lipinski definition) is 10. The molecule has 1 saturated heterocycles. The molecule has 60 heavy (non-hydrogen) atoms. The normalized spacial score (nSPS) is 19.9. The van der Waals surface area contributed by atoms with Gasteiger partial charge in [0.1, 0.15) is 31.0 Å². The fourth-order valence-corrected chi connectivity index (χ4v) is 7.89. The monoisotopic (exact) mass is 855 g/mol. The number of carbonyl (C=O) groups is 2. The Kier molecular flexibility index (Phi) is 39.0. The van der Waals surface area contributed by atoms with Crippen molar-refractivity contribution >= 4 is 11.9 Å². The maximum atomic E-state index is 12.8. The van der Waals surface area contributed by atoms with Crippen LogP contribution in [0, 0.1) is 0 Å². The van der Waals surface area contributed by atoms with E-state index < -0.39 is 49.4 Å². The number of allylic oxidation sites excluding steroid dienone is 2. The van der Waals surface area contributed by atoms with E-state index in [1.54, 1.807) is 0 Å². The van der Waals surface area contributed by atoms with Crippen LogP contribution in [0.2, 0.25) is 0 Å². The SMILES string of the molecule is CCCCCCCCCC/C=C/CCCCCC(=O)OC[C@H](CO[C@@H]1O[C@H](CO)[C@H](O)C(O)C1O)OC(=O)CCCCCCCCCCCCCCCCCCCCCC. The number of hydrogen-bond donors (Lipinski definition) is 4. The van der Waals surface area contributed by atoms with Crippen LogP contribution in [0.3, 0.4) is 0 Å². The van der Waals surface area contributed by atoms with Gasteiger partial charge in [0.15, 0.2) is 12.4 Å². The fraction of sp³-hybridized carbons (Fsp3) is 0.920. The van der Waals surface area contributed by atoms with E-state index in [0.29, 0.717) is 12.8 Å². The molecule has 4 N–H and O–H groups in total. The maximum Gasteiger partial charge on any atom is 0.306 e. The van der Waals surface area contributed by atoms with Crippen molar-refractivity contribution in [2.75, 3.05) is 19.8 Å². The van der Waals surface area contributed by atoms with Crippen LogP contribution in [0.4, 0.5) is 0 Å². The first kappa shape index (κ1) is 56.5. The van der Waals surface area contributed by atoms with Crippen molar-refractivity contribution in [3.05, 3.63) is 12.2 Å². The van der Waals surface area contributed by atoms with Crippen LogP contribution in [0.15, 0.2) is 12.2 Å². The second kappa shape index (κ2) is 41.5. The summed E-state index contributed by atoms with van der Waals surface area (Å²) >= 11 is 0. The van der Waals surface area contributed by atoms with Gasteiger partial charge in [0.25, 0.3) is 0 Å². The molecule has 10 heteroatoms. The molecule has 2 unspecified atom stereocenters. The Morgan fingerprint density at radius 2 is 0.883 bits per heavy atom. The van der Waals surface area contributed by atoms with Crippen molar-refractivity contribution < 1.29 is 49.0 Å². The molecule has 0 spiro atoms. The average molecular weight is 855 g/mol. The van der Waals surface area contributed by atoms with Crippen molar-refractivity contribution in [3.63, 3.8) is 0 Å². The molecule has 1 rings (SSSR count). The van der Waals surface area contributed by atoms with Crippen LogP contribution in [0.25, 0.3) is 0 Å². The Morgan fingerprint density at radius 1 is 0.500 bits per heavy atom. The number of rotatable bonds is 43. The molecule has 1 fully saturated rings. The van der Waals surface area contributed by atoms with E-state index in [1.165, 1.54) is 154 Å². The van der Waals surface area contributed by atoms with Crippen LogP contribution in [-0.4, -0.2) is 89.0 Å². The quantitative estimate of drug-likeness (QED) is 0.0265. The third-order valence-electron chi connectivity index (χ3n) is 11.9. The molecule has 1 aliphatic rings. The van der Waals surface area contributed by atoms with E-state index in [-0.39, 0.29) is 32.0 Å². The lowest BCUT2D eigenvalue weighted by Gasteiger charge is -2.39. The van der Waals surface area contributed by atoms with Gasteiger partial charge < -0.3 is 39.4 Å². The summed E-state index contributed by atoms with van der Waals surface area (Å²) in [7, 11) is 0. The zero-order chi connectivity index (χ0) is 43.7. The molecular weight excluding hydrogens is 761 g/mol. The molecule has 6 atom stereocenters. The highest BCUT2D eigenvalue weighted by molar-refractivity contribution is 5.70. The van der Waals surface area contributed by atoms with Crippen LogP contribution < -0.4 is 0 Å². The predicted octanol–water partition coefficient (Wildman–Crippen LogP) is 11.5. The molecule has 0 radical (unpaired) electrons. The Labute approximate surface area is 367 Å². The Hall–Kier alpha value is -1.56. The largest absolute Gasteiger partial charge is 0.462 e. The number of esters is 2. The molecular formula is C50H94O10. The second-order valence-corrected chi connectivity index (χ2v) is 17.6. The molecule has 1 heterocycles. The van der Waals surface area contributed by atoms with Crippen molar-refractivity contribution in [2.45, 2.75) is 275 Å². The zero-order valence-corrected chi connectivity index (χ0v) is 38.7. The lowest BCUT2D eigenvalue weighted by Crippen LogP contribution is -2.59. The first-order chi connectivity index (χ1) is 29.3. The molecule has 0 aliphatic carbocycles. The molecule has 1 aliphatic heterocycles. The van der Waals surface area contributed by atoms with Gasteiger partial charge in [-0.15, -0.1) is 0 Å². The Bertz CT molecular complexity index is 990. The lowest BCUT2D eigenvalue weighted by molar-refractivity contribution is -0.305. The average Bonchev–Trinajstić information content (AvgIpc) is 3.25. The van der Waals surface area contributed by atoms with Crippen LogP contribution in [0.5, 0.6) is 0 Å². The van der Waals surface area contributed by atoms with Crippen LogP contribution >= 0.6 is 0 Å². The first-order valence-electron chi connectivity index (χ1n) is 25.3. The summed E-state index contributed by atoms with van der Waals surface area (Å²) in [6, 6.07) is 0. The van der Waals surface area contributed by atoms with Crippen LogP contribution in [-0.2, 0) is 28.5 Å². The van der Waals surface area contributed by atoms with Gasteiger partial charge in [-0.25, -0.2) is 0 Å². The van der Waals surface area contributed by atoms with Crippen molar-refractivity contribution in [1.82, 2.24) is 0 Å². The molecule has 0 aromatic heterocycles. The predicted molar refractivity (Wildman–Crippen MR) is 243 cm³/mol. The van der Waals surface area contributed by atoms with E-state index in [9.17, 15) is 30.0 Å². The minimum absolute atomic E-state index is 0.220. The standard InChI is InChI=1S/C50H94O10/c1-3-5-7-9-11-13-15-17-19-20-21-22-23-25-27-29-31-33-35-37-39-46(53)59-43(42-58-50-49(56)48(55)47(54)44(40-51)60-50)41-57-45(52)38-36-34-32-30-28-26-24-18-16-14-12-10-8-6-4-2/h26,28,43-44,47-51,54-56H,3-25,27,29-42H2,1-2H3/b28-26+/t43-,44-,47+,48?,49?,50-/m1/s1. The summed E-state index contributed by atoms with van der Waals surface area (Å²) in [6.45, 7) is 3.45. The third kappa shape index (κ3) is 32.2. The molecule has 10 nitrogen and oxygen atoms in total. The summed E-state index contributed by atoms with van der Waals surface area (Å²) < 4.78 is 22.2. The van der Waals surface area contributed by atoms with Gasteiger partial charge in [-0.2, -0.15) is 0 Å². The highest BCUT2D eigenvalue weighted by Gasteiger charge is 2.44. The van der Waals surface area contributed by atoms with Gasteiger partial charge in [0.2, 0.25) is 0 Å². The van der Waals surface area contributed by atoms with Crippen molar-refractivity contribution in [3.8, 4) is 0 Å². The summed E-state index contributed by atoms with van der Waals surface area (Å²) in [5.41, 5.74) is 0. The zero-order valence-electron chi connectivity index (χ0n) is 38.7. The summed E-state index contributed by atoms with van der Waals surface area (Å²) in [5.74, 6) is -0.811. The summed E-state index contributed by atoms with van der Waals surface area (Å²) in [6.07, 6.45) is 37.9. The van der Waals surface area contributed by atoms with Crippen molar-refractivity contribution in [2.24, 2.45) is 0 Å². The van der Waals surface area contributed by atoms with Gasteiger partial charge in [-0.3, -0.25) is 9.59 Å². The lowest BCUT2D eigenvalue weighted by atomic mass is 9.99. The highest BCUT2D eigenvalue weighted by atomic mass is 16.7. The molecule has 0 saturated carbocycles. The molecule has 0 amide bonds. The molecule has 0 bridgehead atoms. The van der Waals surface area contributed by atoms with E-state index in [0.717, 1.165) is 44.9 Å². The van der Waals surface area contributed by atoms with Gasteiger partial charge in [-0.1, -0.05) is 199 Å². The second-order valence-electron chi connectivity index (χ2n) is 17.6. The van der Waals surface area contributed by atoms with Gasteiger partial charge >= 0.3 is 11.9 Å². The highest BCUT2D eigenvalue weighted by Crippen LogP contribution is 2.23. The number of aliphatic hydroxyl groups excluding tert-OH is 4.